The highest BCUT2D eigenvalue weighted by Gasteiger charge is 2.08. The minimum Gasteiger partial charge on any atom is -0.292 e. The Bertz CT molecular complexity index is 510. The SMILES string of the molecule is CC(=O)c1nc(-c2cncc(F)c2)cs1. The summed E-state index contributed by atoms with van der Waals surface area (Å²) >= 11 is 1.25. The minimum atomic E-state index is -0.412. The number of carbonyl (C=O) groups is 1. The minimum absolute atomic E-state index is 0.0874. The number of rotatable bonds is 2. The summed E-state index contributed by atoms with van der Waals surface area (Å²) in [4.78, 5) is 18.8. The van der Waals surface area contributed by atoms with E-state index in [0.717, 1.165) is 6.20 Å². The molecule has 5 heteroatoms. The first kappa shape index (κ1) is 9.92. The summed E-state index contributed by atoms with van der Waals surface area (Å²) in [6.07, 6.45) is 2.64. The van der Waals surface area contributed by atoms with E-state index in [4.69, 9.17) is 0 Å². The van der Waals surface area contributed by atoms with Crippen LogP contribution in [-0.4, -0.2) is 15.8 Å². The lowest BCUT2D eigenvalue weighted by Gasteiger charge is -1.94. The molecule has 0 aromatic carbocycles. The smallest absolute Gasteiger partial charge is 0.188 e. The molecule has 0 aliphatic rings. The normalized spacial score (nSPS) is 10.3. The van der Waals surface area contributed by atoms with Crippen molar-refractivity contribution < 1.29 is 9.18 Å². The van der Waals surface area contributed by atoms with E-state index in [1.165, 1.54) is 30.5 Å². The monoisotopic (exact) mass is 222 g/mol. The van der Waals surface area contributed by atoms with Gasteiger partial charge in [0.1, 0.15) is 5.82 Å². The molecule has 0 saturated carbocycles. The predicted octanol–water partition coefficient (Wildman–Crippen LogP) is 2.55. The molecular formula is C10H7FN2OS. The Hall–Kier alpha value is -1.62. The van der Waals surface area contributed by atoms with Crippen molar-refractivity contribution >= 4 is 17.1 Å². The summed E-state index contributed by atoms with van der Waals surface area (Å²) < 4.78 is 12.9. The van der Waals surface area contributed by atoms with E-state index in [2.05, 4.69) is 9.97 Å². The van der Waals surface area contributed by atoms with Gasteiger partial charge in [-0.15, -0.1) is 11.3 Å². The third-order valence-corrected chi connectivity index (χ3v) is 2.75. The largest absolute Gasteiger partial charge is 0.292 e. The van der Waals surface area contributed by atoms with E-state index in [1.54, 1.807) is 5.38 Å². The van der Waals surface area contributed by atoms with E-state index in [9.17, 15) is 9.18 Å². The zero-order valence-electron chi connectivity index (χ0n) is 7.90. The zero-order chi connectivity index (χ0) is 10.8. The Morgan fingerprint density at radius 3 is 2.87 bits per heavy atom. The zero-order valence-corrected chi connectivity index (χ0v) is 8.71. The van der Waals surface area contributed by atoms with Crippen molar-refractivity contribution in [2.45, 2.75) is 6.92 Å². The summed E-state index contributed by atoms with van der Waals surface area (Å²) in [5.74, 6) is -0.500. The van der Waals surface area contributed by atoms with Crippen LogP contribution in [0.2, 0.25) is 0 Å². The van der Waals surface area contributed by atoms with Crippen molar-refractivity contribution in [3.63, 3.8) is 0 Å². The molecule has 0 radical (unpaired) electrons. The molecule has 0 N–H and O–H groups in total. The maximum absolute atomic E-state index is 12.9. The van der Waals surface area contributed by atoms with Gasteiger partial charge in [0.05, 0.1) is 11.9 Å². The van der Waals surface area contributed by atoms with Gasteiger partial charge in [0.15, 0.2) is 10.8 Å². The number of halogens is 1. The summed E-state index contributed by atoms with van der Waals surface area (Å²) in [5, 5.41) is 2.14. The first-order chi connectivity index (χ1) is 7.16. The van der Waals surface area contributed by atoms with Crippen LogP contribution in [0.15, 0.2) is 23.8 Å². The quantitative estimate of drug-likeness (QED) is 0.733. The van der Waals surface area contributed by atoms with Gasteiger partial charge in [0.2, 0.25) is 0 Å². The lowest BCUT2D eigenvalue weighted by atomic mass is 10.2. The third-order valence-electron chi connectivity index (χ3n) is 1.81. The van der Waals surface area contributed by atoms with Gasteiger partial charge < -0.3 is 0 Å². The second-order valence-electron chi connectivity index (χ2n) is 2.99. The molecular weight excluding hydrogens is 215 g/mol. The summed E-state index contributed by atoms with van der Waals surface area (Å²) in [5.41, 5.74) is 1.16. The molecule has 2 aromatic rings. The Balaban J connectivity index is 2.41. The van der Waals surface area contributed by atoms with Gasteiger partial charge in [-0.2, -0.15) is 0 Å². The third kappa shape index (κ3) is 2.07. The number of hydrogen-bond acceptors (Lipinski definition) is 4. The van der Waals surface area contributed by atoms with Crippen LogP contribution in [0.25, 0.3) is 11.3 Å². The van der Waals surface area contributed by atoms with Crippen LogP contribution in [0.4, 0.5) is 4.39 Å². The van der Waals surface area contributed by atoms with Gasteiger partial charge in [-0.3, -0.25) is 9.78 Å². The Kier molecular flexibility index (Phi) is 2.55. The first-order valence-corrected chi connectivity index (χ1v) is 5.12. The van der Waals surface area contributed by atoms with Crippen molar-refractivity contribution in [3.05, 3.63) is 34.7 Å². The Labute approximate surface area is 89.6 Å². The molecule has 0 bridgehead atoms. The van der Waals surface area contributed by atoms with Gasteiger partial charge in [0, 0.05) is 24.1 Å². The van der Waals surface area contributed by atoms with Crippen molar-refractivity contribution in [3.8, 4) is 11.3 Å². The maximum atomic E-state index is 12.9. The molecule has 0 atom stereocenters. The molecule has 2 rings (SSSR count). The van der Waals surface area contributed by atoms with Crippen LogP contribution in [0.1, 0.15) is 16.7 Å². The second-order valence-corrected chi connectivity index (χ2v) is 3.84. The Morgan fingerprint density at radius 2 is 2.27 bits per heavy atom. The predicted molar refractivity (Wildman–Crippen MR) is 55.3 cm³/mol. The van der Waals surface area contributed by atoms with E-state index in [0.29, 0.717) is 16.3 Å². The lowest BCUT2D eigenvalue weighted by Crippen LogP contribution is -1.90. The number of ketones is 1. The van der Waals surface area contributed by atoms with Crippen LogP contribution in [0.5, 0.6) is 0 Å². The van der Waals surface area contributed by atoms with Crippen LogP contribution in [0.3, 0.4) is 0 Å². The fourth-order valence-electron chi connectivity index (χ4n) is 1.12. The summed E-state index contributed by atoms with van der Waals surface area (Å²) in [6, 6.07) is 1.34. The number of thiazole rings is 1. The van der Waals surface area contributed by atoms with Crippen LogP contribution in [-0.2, 0) is 0 Å². The van der Waals surface area contributed by atoms with Crippen molar-refractivity contribution in [1.82, 2.24) is 9.97 Å². The average molecular weight is 222 g/mol. The van der Waals surface area contributed by atoms with Crippen LogP contribution >= 0.6 is 11.3 Å². The molecule has 2 heterocycles. The summed E-state index contributed by atoms with van der Waals surface area (Å²) in [6.45, 7) is 1.45. The second kappa shape index (κ2) is 3.86. The van der Waals surface area contributed by atoms with Crippen molar-refractivity contribution in [2.75, 3.05) is 0 Å². The molecule has 0 fully saturated rings. The molecule has 76 valence electrons. The van der Waals surface area contributed by atoms with Gasteiger partial charge >= 0.3 is 0 Å². The molecule has 0 aliphatic heterocycles. The van der Waals surface area contributed by atoms with Gasteiger partial charge in [-0.1, -0.05) is 0 Å². The number of nitrogens with zero attached hydrogens (tertiary/aromatic N) is 2. The van der Waals surface area contributed by atoms with Gasteiger partial charge in [-0.25, -0.2) is 9.37 Å². The number of pyridine rings is 1. The van der Waals surface area contributed by atoms with E-state index >= 15 is 0 Å². The molecule has 0 aliphatic carbocycles. The molecule has 0 saturated heterocycles. The Morgan fingerprint density at radius 1 is 1.47 bits per heavy atom. The molecule has 0 unspecified atom stereocenters. The highest BCUT2D eigenvalue weighted by atomic mass is 32.1. The van der Waals surface area contributed by atoms with E-state index in [1.807, 2.05) is 0 Å². The molecule has 0 amide bonds. The van der Waals surface area contributed by atoms with Crippen LogP contribution < -0.4 is 0 Å². The summed E-state index contributed by atoms with van der Waals surface area (Å²) in [7, 11) is 0. The van der Waals surface area contributed by atoms with Gasteiger partial charge in [-0.05, 0) is 6.07 Å². The lowest BCUT2D eigenvalue weighted by molar-refractivity contribution is 0.101. The highest BCUT2D eigenvalue weighted by Crippen LogP contribution is 2.21. The number of hydrogen-bond donors (Lipinski definition) is 0. The fraction of sp³-hybridized carbons (Fsp3) is 0.100. The number of carbonyl (C=O) groups excluding carboxylic acids is 1. The maximum Gasteiger partial charge on any atom is 0.188 e. The van der Waals surface area contributed by atoms with E-state index in [-0.39, 0.29) is 5.78 Å². The van der Waals surface area contributed by atoms with Crippen LogP contribution in [0, 0.1) is 5.82 Å². The average Bonchev–Trinajstić information content (AvgIpc) is 2.66. The standard InChI is InChI=1S/C10H7FN2OS/c1-6(14)10-13-9(5-15-10)7-2-8(11)4-12-3-7/h2-5H,1H3. The molecule has 0 spiro atoms. The number of aromatic nitrogens is 2. The molecule has 2 aromatic heterocycles. The van der Waals surface area contributed by atoms with Crippen molar-refractivity contribution in [1.29, 1.82) is 0 Å². The van der Waals surface area contributed by atoms with Crippen molar-refractivity contribution in [2.24, 2.45) is 0 Å². The highest BCUT2D eigenvalue weighted by molar-refractivity contribution is 7.12. The molecule has 3 nitrogen and oxygen atoms in total. The van der Waals surface area contributed by atoms with E-state index < -0.39 is 5.82 Å². The first-order valence-electron chi connectivity index (χ1n) is 4.24. The molecule has 15 heavy (non-hydrogen) atoms. The van der Waals surface area contributed by atoms with Gasteiger partial charge in [0.25, 0.3) is 0 Å². The number of Topliss-reactive ketones (excluding diaryl/α,β-unsaturated/α-hetero) is 1. The topological polar surface area (TPSA) is 42.9 Å². The fourth-order valence-corrected chi connectivity index (χ4v) is 1.85.